The maximum atomic E-state index is 4.86. The fraction of sp³-hybridized carbons (Fsp3) is 0.250. The molecule has 0 aliphatic rings. The molecule has 0 fully saturated rings. The molecule has 0 aliphatic heterocycles. The predicted octanol–water partition coefficient (Wildman–Crippen LogP) is 5.37. The summed E-state index contributed by atoms with van der Waals surface area (Å²) in [7, 11) is 0. The molecule has 4 rings (SSSR count). The van der Waals surface area contributed by atoms with E-state index in [1.165, 1.54) is 46.6 Å². The molecule has 0 spiro atoms. The van der Waals surface area contributed by atoms with Gasteiger partial charge in [-0.2, -0.15) is 5.10 Å². The highest BCUT2D eigenvalue weighted by Crippen LogP contribution is 2.29. The molecule has 0 N–H and O–H groups in total. The van der Waals surface area contributed by atoms with Crippen LogP contribution in [0.3, 0.4) is 0 Å². The molecule has 2 aromatic heterocycles. The lowest BCUT2D eigenvalue weighted by Gasteiger charge is -2.08. The van der Waals surface area contributed by atoms with Gasteiger partial charge in [-0.1, -0.05) is 62.2 Å². The zero-order valence-electron chi connectivity index (χ0n) is 12.9. The molecule has 0 radical (unpaired) electrons. The smallest absolute Gasteiger partial charge is 0.0934 e. The Morgan fingerprint density at radius 2 is 1.68 bits per heavy atom. The van der Waals surface area contributed by atoms with Gasteiger partial charge in [0.15, 0.2) is 0 Å². The van der Waals surface area contributed by atoms with Crippen LogP contribution in [0.25, 0.3) is 27.2 Å². The maximum Gasteiger partial charge on any atom is 0.0934 e. The lowest BCUT2D eigenvalue weighted by molar-refractivity contribution is 0.693. The summed E-state index contributed by atoms with van der Waals surface area (Å²) in [5.41, 5.74) is 3.65. The number of hydrogen-bond acceptors (Lipinski definition) is 1. The first-order valence-corrected chi connectivity index (χ1v) is 8.16. The quantitative estimate of drug-likeness (QED) is 0.461. The molecule has 0 saturated carbocycles. The van der Waals surface area contributed by atoms with Crippen LogP contribution in [0.15, 0.2) is 54.6 Å². The molecule has 4 aromatic rings. The van der Waals surface area contributed by atoms with Crippen molar-refractivity contribution in [3.05, 3.63) is 60.3 Å². The largest absolute Gasteiger partial charge is 0.236 e. The summed E-state index contributed by atoms with van der Waals surface area (Å²) < 4.78 is 2.17. The summed E-state index contributed by atoms with van der Waals surface area (Å²) in [5.74, 6) is 0. The van der Waals surface area contributed by atoms with Gasteiger partial charge in [-0.3, -0.25) is 0 Å². The standard InChI is InChI=1S/C20H20N2/c1-2-3-4-10-16-14-15-9-5-6-11-17(15)20-18-12-7-8-13-19(18)21-22(16)20/h5-9,11-14H,2-4,10H2,1H3. The monoisotopic (exact) mass is 288 g/mol. The third kappa shape index (κ3) is 2.07. The SMILES string of the molecule is CCCCCc1cc2ccccc2c2c3ccccc3nn12. The molecule has 0 amide bonds. The lowest BCUT2D eigenvalue weighted by atomic mass is 10.1. The minimum Gasteiger partial charge on any atom is -0.236 e. The number of hydrogen-bond donors (Lipinski definition) is 0. The minimum atomic E-state index is 1.08. The number of benzene rings is 2. The van der Waals surface area contributed by atoms with Crippen molar-refractivity contribution in [1.82, 2.24) is 9.61 Å². The zero-order chi connectivity index (χ0) is 14.9. The summed E-state index contributed by atoms with van der Waals surface area (Å²) in [6.45, 7) is 2.25. The van der Waals surface area contributed by atoms with Crippen LogP contribution in [0, 0.1) is 0 Å². The van der Waals surface area contributed by atoms with Crippen LogP contribution in [0.2, 0.25) is 0 Å². The fourth-order valence-electron chi connectivity index (χ4n) is 3.31. The summed E-state index contributed by atoms with van der Waals surface area (Å²) in [6, 6.07) is 19.4. The normalized spacial score (nSPS) is 11.7. The number of pyridine rings is 1. The number of nitrogens with zero attached hydrogens (tertiary/aromatic N) is 2. The van der Waals surface area contributed by atoms with Crippen LogP contribution >= 0.6 is 0 Å². The highest BCUT2D eigenvalue weighted by Gasteiger charge is 2.11. The van der Waals surface area contributed by atoms with Gasteiger partial charge in [0.1, 0.15) is 0 Å². The van der Waals surface area contributed by atoms with E-state index in [1.54, 1.807) is 0 Å². The number of fused-ring (bicyclic) bond motifs is 5. The molecule has 2 aromatic carbocycles. The first kappa shape index (κ1) is 13.3. The van der Waals surface area contributed by atoms with E-state index < -0.39 is 0 Å². The second-order valence-electron chi connectivity index (χ2n) is 5.96. The van der Waals surface area contributed by atoms with Gasteiger partial charge in [-0.25, -0.2) is 4.52 Å². The Kier molecular flexibility index (Phi) is 3.30. The third-order valence-corrected chi connectivity index (χ3v) is 4.43. The molecule has 0 aliphatic carbocycles. The second-order valence-corrected chi connectivity index (χ2v) is 5.96. The molecule has 2 nitrogen and oxygen atoms in total. The van der Waals surface area contributed by atoms with Crippen LogP contribution < -0.4 is 0 Å². The van der Waals surface area contributed by atoms with Crippen LogP contribution in [-0.4, -0.2) is 9.61 Å². The highest BCUT2D eigenvalue weighted by atomic mass is 15.2. The molecule has 0 atom stereocenters. The molecule has 0 unspecified atom stereocenters. The molecule has 0 saturated heterocycles. The third-order valence-electron chi connectivity index (χ3n) is 4.43. The topological polar surface area (TPSA) is 17.3 Å². The molecule has 0 bridgehead atoms. The van der Waals surface area contributed by atoms with Crippen LogP contribution in [0.1, 0.15) is 31.9 Å². The minimum absolute atomic E-state index is 1.08. The molecule has 2 heteroatoms. The van der Waals surface area contributed by atoms with Crippen LogP contribution in [0.5, 0.6) is 0 Å². The summed E-state index contributed by atoms with van der Waals surface area (Å²) in [6.07, 6.45) is 4.83. The number of aromatic nitrogens is 2. The molecule has 22 heavy (non-hydrogen) atoms. The van der Waals surface area contributed by atoms with Gasteiger partial charge in [0.2, 0.25) is 0 Å². The van der Waals surface area contributed by atoms with Gasteiger partial charge in [0.25, 0.3) is 0 Å². The molecule has 110 valence electrons. The second kappa shape index (κ2) is 5.45. The van der Waals surface area contributed by atoms with E-state index in [2.05, 4.69) is 66.0 Å². The van der Waals surface area contributed by atoms with Crippen molar-refractivity contribution in [2.75, 3.05) is 0 Å². The van der Waals surface area contributed by atoms with Gasteiger partial charge < -0.3 is 0 Å². The van der Waals surface area contributed by atoms with Crippen LogP contribution in [0.4, 0.5) is 0 Å². The van der Waals surface area contributed by atoms with Gasteiger partial charge in [0, 0.05) is 16.5 Å². The maximum absolute atomic E-state index is 4.86. The first-order valence-electron chi connectivity index (χ1n) is 8.16. The number of aryl methyl sites for hydroxylation is 1. The Bertz CT molecular complexity index is 950. The van der Waals surface area contributed by atoms with Gasteiger partial charge in [-0.15, -0.1) is 0 Å². The summed E-state index contributed by atoms with van der Waals surface area (Å²) in [5, 5.41) is 8.71. The number of unbranched alkanes of at least 4 members (excludes halogenated alkanes) is 2. The summed E-state index contributed by atoms with van der Waals surface area (Å²) >= 11 is 0. The summed E-state index contributed by atoms with van der Waals surface area (Å²) in [4.78, 5) is 0. The Hall–Kier alpha value is -2.35. The molecular weight excluding hydrogens is 268 g/mol. The molecular formula is C20H20N2. The van der Waals surface area contributed by atoms with E-state index in [1.807, 2.05) is 0 Å². The van der Waals surface area contributed by atoms with Gasteiger partial charge >= 0.3 is 0 Å². The lowest BCUT2D eigenvalue weighted by Crippen LogP contribution is -1.99. The van der Waals surface area contributed by atoms with Gasteiger partial charge in [0.05, 0.1) is 11.0 Å². The highest BCUT2D eigenvalue weighted by molar-refractivity contribution is 6.09. The fourth-order valence-corrected chi connectivity index (χ4v) is 3.31. The van der Waals surface area contributed by atoms with E-state index in [-0.39, 0.29) is 0 Å². The number of rotatable bonds is 4. The van der Waals surface area contributed by atoms with Crippen molar-refractivity contribution < 1.29 is 0 Å². The van der Waals surface area contributed by atoms with E-state index in [9.17, 15) is 0 Å². The Labute approximate surface area is 130 Å². The first-order chi connectivity index (χ1) is 10.9. The van der Waals surface area contributed by atoms with Crippen molar-refractivity contribution in [2.45, 2.75) is 32.6 Å². The van der Waals surface area contributed by atoms with Gasteiger partial charge in [-0.05, 0) is 30.4 Å². The predicted molar refractivity (Wildman–Crippen MR) is 93.4 cm³/mol. The van der Waals surface area contributed by atoms with Crippen molar-refractivity contribution in [1.29, 1.82) is 0 Å². The van der Waals surface area contributed by atoms with Crippen molar-refractivity contribution in [2.24, 2.45) is 0 Å². The van der Waals surface area contributed by atoms with Crippen molar-refractivity contribution in [3.63, 3.8) is 0 Å². The molecule has 2 heterocycles. The van der Waals surface area contributed by atoms with Crippen LogP contribution in [-0.2, 0) is 6.42 Å². The Morgan fingerprint density at radius 1 is 0.909 bits per heavy atom. The Balaban J connectivity index is 2.05. The van der Waals surface area contributed by atoms with E-state index >= 15 is 0 Å². The Morgan fingerprint density at radius 3 is 2.55 bits per heavy atom. The van der Waals surface area contributed by atoms with E-state index in [0.717, 1.165) is 11.9 Å². The van der Waals surface area contributed by atoms with Crippen molar-refractivity contribution >= 4 is 27.2 Å². The average Bonchev–Trinajstić information content (AvgIpc) is 2.95. The van der Waals surface area contributed by atoms with E-state index in [4.69, 9.17) is 5.10 Å². The average molecular weight is 288 g/mol. The van der Waals surface area contributed by atoms with E-state index in [0.29, 0.717) is 0 Å². The van der Waals surface area contributed by atoms with Crippen molar-refractivity contribution in [3.8, 4) is 0 Å². The zero-order valence-corrected chi connectivity index (χ0v) is 12.9.